The highest BCUT2D eigenvalue weighted by Gasteiger charge is 2.23. The van der Waals surface area contributed by atoms with Gasteiger partial charge in [-0.3, -0.25) is 0 Å². The summed E-state index contributed by atoms with van der Waals surface area (Å²) in [5, 5.41) is 0.930. The Morgan fingerprint density at radius 1 is 0.966 bits per heavy atom. The van der Waals surface area contributed by atoms with E-state index >= 15 is 0 Å². The Morgan fingerprint density at radius 3 is 2.28 bits per heavy atom. The summed E-state index contributed by atoms with van der Waals surface area (Å²) < 4.78 is 15.1. The lowest BCUT2D eigenvalue weighted by Gasteiger charge is -2.23. The molecule has 0 aliphatic carbocycles. The summed E-state index contributed by atoms with van der Waals surface area (Å²) in [6, 6.07) is 6.54. The van der Waals surface area contributed by atoms with E-state index in [9.17, 15) is 14.4 Å². The van der Waals surface area contributed by atoms with Crippen molar-refractivity contribution >= 4 is 23.8 Å². The van der Waals surface area contributed by atoms with E-state index in [0.717, 1.165) is 17.9 Å². The summed E-state index contributed by atoms with van der Waals surface area (Å²) in [6.45, 7) is 6.25. The molecule has 0 radical (unpaired) electrons. The number of unbranched alkanes of at least 4 members (excludes halogenated alkanes) is 2. The smallest absolute Gasteiger partial charge is 0.433 e. The van der Waals surface area contributed by atoms with Crippen LogP contribution in [0.1, 0.15) is 52.0 Å². The molecule has 0 aromatic heterocycles. The number of carbonyl (C=O) groups excluding carboxylic acids is 3. The molecule has 0 aliphatic rings. The number of hydrogen-bond acceptors (Lipinski definition) is 6. The summed E-state index contributed by atoms with van der Waals surface area (Å²) in [5.74, 6) is 4.32. The largest absolute Gasteiger partial charge is 0.456 e. The van der Waals surface area contributed by atoms with E-state index < -0.39 is 18.2 Å². The molecule has 29 heavy (non-hydrogen) atoms. The zero-order valence-corrected chi connectivity index (χ0v) is 17.2. The first-order chi connectivity index (χ1) is 14.0. The second kappa shape index (κ2) is 13.9. The Kier molecular flexibility index (Phi) is 11.4. The fraction of sp³-hybridized carbons (Fsp3) is 0.476. The highest BCUT2D eigenvalue weighted by molar-refractivity contribution is 5.93. The summed E-state index contributed by atoms with van der Waals surface area (Å²) in [4.78, 5) is 36.2. The molecule has 1 aromatic rings. The van der Waals surface area contributed by atoms with Crippen molar-refractivity contribution < 1.29 is 28.6 Å². The molecule has 0 fully saturated rings. The molecule has 2 amide bonds. The van der Waals surface area contributed by atoms with E-state index in [2.05, 4.69) is 17.3 Å². The molecule has 0 heterocycles. The molecule has 0 aliphatic heterocycles. The van der Waals surface area contributed by atoms with Crippen LogP contribution in [0, 0.1) is 11.8 Å². The summed E-state index contributed by atoms with van der Waals surface area (Å²) in [5.41, 5.74) is 2.97. The second-order valence-electron chi connectivity index (χ2n) is 5.89. The van der Waals surface area contributed by atoms with Crippen molar-refractivity contribution in [2.45, 2.75) is 46.5 Å². The molecule has 1 N–H and O–H groups in total. The number of para-hydroxylation sites is 1. The zero-order chi connectivity index (χ0) is 21.5. The number of benzene rings is 1. The third-order valence-corrected chi connectivity index (χ3v) is 3.56. The maximum absolute atomic E-state index is 12.6. The van der Waals surface area contributed by atoms with Gasteiger partial charge in [0.05, 0.1) is 31.1 Å². The molecule has 1 rings (SSSR count). The fourth-order valence-electron chi connectivity index (χ4n) is 2.07. The molecular formula is C21H28N2O6. The van der Waals surface area contributed by atoms with Gasteiger partial charge in [0.25, 0.3) is 0 Å². The van der Waals surface area contributed by atoms with E-state index in [1.807, 2.05) is 13.8 Å². The predicted octanol–water partition coefficient (Wildman–Crippen LogP) is 3.79. The number of ether oxygens (including phenoxy) is 3. The first kappa shape index (κ1) is 23.8. The van der Waals surface area contributed by atoms with Gasteiger partial charge in [-0.05, 0) is 31.9 Å². The van der Waals surface area contributed by atoms with Crippen LogP contribution in [0.4, 0.5) is 15.3 Å². The lowest BCUT2D eigenvalue weighted by Crippen LogP contribution is -2.47. The standard InChI is InChI=1S/C21H28N2O6/c1-4-7-15-28-20(25)22-23(21(26)29-16-8-5-2)18-12-10-9-11-17(18)13-14-19(24)27-6-3/h9-12H,4-8,15-16H2,1-3H3,(H,22,25). The molecular weight excluding hydrogens is 376 g/mol. The van der Waals surface area contributed by atoms with Crippen LogP contribution < -0.4 is 10.4 Å². The van der Waals surface area contributed by atoms with Crippen molar-refractivity contribution in [1.82, 2.24) is 5.43 Å². The second-order valence-corrected chi connectivity index (χ2v) is 5.89. The Labute approximate surface area is 171 Å². The number of hydrogen-bond donors (Lipinski definition) is 1. The van der Waals surface area contributed by atoms with Crippen LogP contribution in [0.3, 0.4) is 0 Å². The molecule has 1 aromatic carbocycles. The number of nitrogens with zero attached hydrogens (tertiary/aromatic N) is 1. The van der Waals surface area contributed by atoms with Crippen LogP contribution in [0.15, 0.2) is 24.3 Å². The van der Waals surface area contributed by atoms with Gasteiger partial charge in [0.15, 0.2) is 0 Å². The quantitative estimate of drug-likeness (QED) is 0.233. The summed E-state index contributed by atoms with van der Waals surface area (Å²) >= 11 is 0. The topological polar surface area (TPSA) is 94.2 Å². The predicted molar refractivity (Wildman–Crippen MR) is 108 cm³/mol. The average Bonchev–Trinajstić information content (AvgIpc) is 2.71. The van der Waals surface area contributed by atoms with Gasteiger partial charge in [-0.2, -0.15) is 5.01 Å². The SMILES string of the molecule is CCCCOC(=O)NN(C(=O)OCCCC)c1ccccc1C#CC(=O)OCC. The van der Waals surface area contributed by atoms with Gasteiger partial charge in [-0.1, -0.05) is 44.7 Å². The maximum Gasteiger partial charge on any atom is 0.433 e. The lowest BCUT2D eigenvalue weighted by atomic mass is 10.2. The molecule has 0 saturated heterocycles. The number of amides is 2. The van der Waals surface area contributed by atoms with Crippen LogP contribution in [0.5, 0.6) is 0 Å². The number of nitrogens with one attached hydrogen (secondary N) is 1. The number of anilines is 1. The lowest BCUT2D eigenvalue weighted by molar-refractivity contribution is -0.136. The van der Waals surface area contributed by atoms with Crippen LogP contribution in [-0.2, 0) is 19.0 Å². The number of hydrazine groups is 1. The molecule has 8 nitrogen and oxygen atoms in total. The highest BCUT2D eigenvalue weighted by Crippen LogP contribution is 2.19. The maximum atomic E-state index is 12.6. The minimum absolute atomic E-state index is 0.203. The minimum Gasteiger partial charge on any atom is -0.456 e. The number of carbonyl (C=O) groups is 3. The van der Waals surface area contributed by atoms with Gasteiger partial charge in [-0.25, -0.2) is 19.8 Å². The first-order valence-electron chi connectivity index (χ1n) is 9.71. The molecule has 158 valence electrons. The fourth-order valence-corrected chi connectivity index (χ4v) is 2.07. The van der Waals surface area contributed by atoms with Crippen LogP contribution >= 0.6 is 0 Å². The van der Waals surface area contributed by atoms with E-state index in [1.165, 1.54) is 0 Å². The molecule has 0 bridgehead atoms. The Balaban J connectivity index is 3.09. The third kappa shape index (κ3) is 9.02. The van der Waals surface area contributed by atoms with Gasteiger partial charge in [-0.15, -0.1) is 0 Å². The monoisotopic (exact) mass is 404 g/mol. The molecule has 0 atom stereocenters. The van der Waals surface area contributed by atoms with Crippen LogP contribution in [-0.4, -0.2) is 38.0 Å². The normalized spacial score (nSPS) is 9.62. The van der Waals surface area contributed by atoms with Crippen molar-refractivity contribution in [2.24, 2.45) is 0 Å². The van der Waals surface area contributed by atoms with Crippen molar-refractivity contribution in [2.75, 3.05) is 24.8 Å². The molecule has 0 saturated carbocycles. The van der Waals surface area contributed by atoms with Crippen molar-refractivity contribution in [3.8, 4) is 11.8 Å². The average molecular weight is 404 g/mol. The summed E-state index contributed by atoms with van der Waals surface area (Å²) in [7, 11) is 0. The highest BCUT2D eigenvalue weighted by atomic mass is 16.6. The molecule has 8 heteroatoms. The van der Waals surface area contributed by atoms with Crippen molar-refractivity contribution in [3.63, 3.8) is 0 Å². The third-order valence-electron chi connectivity index (χ3n) is 3.56. The van der Waals surface area contributed by atoms with E-state index in [4.69, 9.17) is 14.2 Å². The van der Waals surface area contributed by atoms with Crippen LogP contribution in [0.25, 0.3) is 0 Å². The molecule has 0 unspecified atom stereocenters. The van der Waals surface area contributed by atoms with Crippen molar-refractivity contribution in [1.29, 1.82) is 0 Å². The number of rotatable bonds is 8. The number of esters is 1. The first-order valence-corrected chi connectivity index (χ1v) is 9.71. The van der Waals surface area contributed by atoms with Gasteiger partial charge in [0.2, 0.25) is 0 Å². The van der Waals surface area contributed by atoms with E-state index in [0.29, 0.717) is 18.4 Å². The van der Waals surface area contributed by atoms with E-state index in [-0.39, 0.29) is 25.5 Å². The Morgan fingerprint density at radius 2 is 1.62 bits per heavy atom. The van der Waals surface area contributed by atoms with Gasteiger partial charge in [0.1, 0.15) is 0 Å². The van der Waals surface area contributed by atoms with Gasteiger partial charge >= 0.3 is 18.2 Å². The summed E-state index contributed by atoms with van der Waals surface area (Å²) in [6.07, 6.45) is 1.53. The Bertz CT molecular complexity index is 738. The van der Waals surface area contributed by atoms with Gasteiger partial charge in [0, 0.05) is 5.92 Å². The van der Waals surface area contributed by atoms with E-state index in [1.54, 1.807) is 31.2 Å². The van der Waals surface area contributed by atoms with Crippen molar-refractivity contribution in [3.05, 3.63) is 29.8 Å². The minimum atomic E-state index is -0.793. The van der Waals surface area contributed by atoms with Gasteiger partial charge < -0.3 is 14.2 Å². The molecule has 0 spiro atoms. The van der Waals surface area contributed by atoms with Crippen LogP contribution in [0.2, 0.25) is 0 Å². The Hall–Kier alpha value is -3.21. The zero-order valence-electron chi connectivity index (χ0n) is 17.2.